The number of aliphatic imine (C=N–C) groups is 1. The van der Waals surface area contributed by atoms with Crippen molar-refractivity contribution in [2.75, 3.05) is 31.1 Å². The third-order valence-electron chi connectivity index (χ3n) is 3.94. The minimum atomic E-state index is 0.673. The van der Waals surface area contributed by atoms with Crippen molar-refractivity contribution < 1.29 is 0 Å². The topological polar surface area (TPSA) is 59.4 Å². The quantitative estimate of drug-likeness (QED) is 0.672. The van der Waals surface area contributed by atoms with Gasteiger partial charge in [0.15, 0.2) is 5.96 Å². The standard InChI is InChI=1S/C17H23N5S/c18-17(21-10-12-23-13-11-21)20-7-6-16-19-8-9-22(16)14-15-4-2-1-3-5-15/h1-5,8-9H,6-7,10-14H2,(H2,18,20). The van der Waals surface area contributed by atoms with Crippen molar-refractivity contribution in [1.29, 1.82) is 0 Å². The second-order valence-electron chi connectivity index (χ2n) is 5.55. The monoisotopic (exact) mass is 329 g/mol. The Morgan fingerprint density at radius 2 is 2.00 bits per heavy atom. The van der Waals surface area contributed by atoms with Gasteiger partial charge < -0.3 is 15.2 Å². The molecule has 2 heterocycles. The first-order chi connectivity index (χ1) is 11.3. The molecule has 2 N–H and O–H groups in total. The van der Waals surface area contributed by atoms with Crippen molar-refractivity contribution in [2.24, 2.45) is 10.7 Å². The van der Waals surface area contributed by atoms with Gasteiger partial charge in [-0.3, -0.25) is 4.99 Å². The maximum absolute atomic E-state index is 6.09. The van der Waals surface area contributed by atoms with E-state index in [-0.39, 0.29) is 0 Å². The maximum Gasteiger partial charge on any atom is 0.191 e. The predicted molar refractivity (Wildman–Crippen MR) is 96.9 cm³/mol. The van der Waals surface area contributed by atoms with Gasteiger partial charge in [-0.1, -0.05) is 30.3 Å². The Hall–Kier alpha value is -1.95. The average molecular weight is 329 g/mol. The minimum Gasteiger partial charge on any atom is -0.370 e. The number of hydrogen-bond donors (Lipinski definition) is 1. The van der Waals surface area contributed by atoms with E-state index in [9.17, 15) is 0 Å². The molecule has 1 aliphatic rings. The molecule has 23 heavy (non-hydrogen) atoms. The zero-order valence-electron chi connectivity index (χ0n) is 13.3. The largest absolute Gasteiger partial charge is 0.370 e. The van der Waals surface area contributed by atoms with Crippen LogP contribution in [0.5, 0.6) is 0 Å². The molecule has 0 radical (unpaired) electrons. The van der Waals surface area contributed by atoms with Crippen LogP contribution in [0.1, 0.15) is 11.4 Å². The van der Waals surface area contributed by atoms with E-state index in [2.05, 4.69) is 43.7 Å². The second-order valence-corrected chi connectivity index (χ2v) is 6.77. The molecule has 0 amide bonds. The van der Waals surface area contributed by atoms with Crippen LogP contribution in [0.2, 0.25) is 0 Å². The van der Waals surface area contributed by atoms with Crippen LogP contribution in [-0.4, -0.2) is 51.6 Å². The summed E-state index contributed by atoms with van der Waals surface area (Å²) in [6.07, 6.45) is 4.69. The number of guanidine groups is 1. The number of hydrogen-bond acceptors (Lipinski definition) is 3. The van der Waals surface area contributed by atoms with E-state index < -0.39 is 0 Å². The molecule has 2 aromatic rings. The van der Waals surface area contributed by atoms with E-state index in [1.165, 1.54) is 5.56 Å². The van der Waals surface area contributed by atoms with E-state index >= 15 is 0 Å². The number of rotatable bonds is 5. The smallest absolute Gasteiger partial charge is 0.191 e. The van der Waals surface area contributed by atoms with Gasteiger partial charge in [0.1, 0.15) is 5.82 Å². The Kier molecular flexibility index (Phi) is 5.58. The zero-order chi connectivity index (χ0) is 15.9. The fourth-order valence-electron chi connectivity index (χ4n) is 2.66. The zero-order valence-corrected chi connectivity index (χ0v) is 14.1. The lowest BCUT2D eigenvalue weighted by molar-refractivity contribution is 0.455. The van der Waals surface area contributed by atoms with Gasteiger partial charge in [0.2, 0.25) is 0 Å². The average Bonchev–Trinajstić information content (AvgIpc) is 3.03. The summed E-state index contributed by atoms with van der Waals surface area (Å²) in [4.78, 5) is 11.2. The molecule has 1 aromatic heterocycles. The third-order valence-corrected chi connectivity index (χ3v) is 4.88. The fourth-order valence-corrected chi connectivity index (χ4v) is 3.56. The number of nitrogens with zero attached hydrogens (tertiary/aromatic N) is 4. The van der Waals surface area contributed by atoms with Crippen LogP contribution in [-0.2, 0) is 13.0 Å². The Morgan fingerprint density at radius 3 is 2.78 bits per heavy atom. The lowest BCUT2D eigenvalue weighted by Gasteiger charge is -2.27. The minimum absolute atomic E-state index is 0.673. The van der Waals surface area contributed by atoms with Gasteiger partial charge in [-0.15, -0.1) is 0 Å². The number of aromatic nitrogens is 2. The Balaban J connectivity index is 1.55. The lowest BCUT2D eigenvalue weighted by atomic mass is 10.2. The Bertz CT molecular complexity index is 631. The van der Waals surface area contributed by atoms with E-state index in [0.717, 1.165) is 43.4 Å². The lowest BCUT2D eigenvalue weighted by Crippen LogP contribution is -2.42. The summed E-state index contributed by atoms with van der Waals surface area (Å²) in [6.45, 7) is 3.53. The van der Waals surface area contributed by atoms with Crippen molar-refractivity contribution >= 4 is 17.7 Å². The summed E-state index contributed by atoms with van der Waals surface area (Å²) < 4.78 is 2.18. The highest BCUT2D eigenvalue weighted by atomic mass is 32.2. The molecule has 1 saturated heterocycles. The van der Waals surface area contributed by atoms with Crippen molar-refractivity contribution in [3.8, 4) is 0 Å². The van der Waals surface area contributed by atoms with Crippen molar-refractivity contribution in [1.82, 2.24) is 14.5 Å². The summed E-state index contributed by atoms with van der Waals surface area (Å²) in [6, 6.07) is 10.4. The van der Waals surface area contributed by atoms with Crippen molar-refractivity contribution in [2.45, 2.75) is 13.0 Å². The fraction of sp³-hybridized carbons (Fsp3) is 0.412. The summed E-state index contributed by atoms with van der Waals surface area (Å²) in [5.74, 6) is 4.00. The predicted octanol–water partition coefficient (Wildman–Crippen LogP) is 1.84. The molecule has 3 rings (SSSR count). The molecule has 0 atom stereocenters. The van der Waals surface area contributed by atoms with Crippen LogP contribution >= 0.6 is 11.8 Å². The van der Waals surface area contributed by atoms with Crippen molar-refractivity contribution in [3.63, 3.8) is 0 Å². The normalized spacial score (nSPS) is 15.8. The molecule has 0 spiro atoms. The van der Waals surface area contributed by atoms with Crippen molar-refractivity contribution in [3.05, 3.63) is 54.1 Å². The molecule has 0 aliphatic carbocycles. The van der Waals surface area contributed by atoms with E-state index in [4.69, 9.17) is 5.73 Å². The summed E-state index contributed by atoms with van der Waals surface area (Å²) in [5, 5.41) is 0. The van der Waals surface area contributed by atoms with Crippen LogP contribution in [0.3, 0.4) is 0 Å². The summed E-state index contributed by atoms with van der Waals surface area (Å²) >= 11 is 1.98. The van der Waals surface area contributed by atoms with E-state index in [1.54, 1.807) is 0 Å². The van der Waals surface area contributed by atoms with Gasteiger partial charge in [-0.05, 0) is 5.56 Å². The molecular formula is C17H23N5S. The number of thioether (sulfide) groups is 1. The SMILES string of the molecule is NC(=NCCc1nccn1Cc1ccccc1)N1CCSCC1. The first kappa shape index (κ1) is 15.9. The highest BCUT2D eigenvalue weighted by Gasteiger charge is 2.12. The number of benzene rings is 1. The Labute approximate surface area is 141 Å². The van der Waals surface area contributed by atoms with Gasteiger partial charge >= 0.3 is 0 Å². The molecule has 6 heteroatoms. The summed E-state index contributed by atoms with van der Waals surface area (Å²) in [7, 11) is 0. The molecular weight excluding hydrogens is 306 g/mol. The van der Waals surface area contributed by atoms with Crippen LogP contribution in [0.15, 0.2) is 47.7 Å². The molecule has 0 unspecified atom stereocenters. The highest BCUT2D eigenvalue weighted by Crippen LogP contribution is 2.09. The first-order valence-electron chi connectivity index (χ1n) is 7.99. The van der Waals surface area contributed by atoms with Crippen LogP contribution in [0.25, 0.3) is 0 Å². The van der Waals surface area contributed by atoms with Crippen LogP contribution in [0, 0.1) is 0 Å². The first-order valence-corrected chi connectivity index (χ1v) is 9.15. The van der Waals surface area contributed by atoms with Crippen LogP contribution < -0.4 is 5.73 Å². The van der Waals surface area contributed by atoms with Gasteiger partial charge in [0.25, 0.3) is 0 Å². The number of imidazole rings is 1. The van der Waals surface area contributed by atoms with Gasteiger partial charge in [-0.2, -0.15) is 11.8 Å². The van der Waals surface area contributed by atoms with Gasteiger partial charge in [0, 0.05) is 56.5 Å². The molecule has 0 saturated carbocycles. The molecule has 122 valence electrons. The molecule has 0 bridgehead atoms. The highest BCUT2D eigenvalue weighted by molar-refractivity contribution is 7.99. The van der Waals surface area contributed by atoms with E-state index in [1.807, 2.05) is 30.2 Å². The second kappa shape index (κ2) is 8.06. The molecule has 1 fully saturated rings. The maximum atomic E-state index is 6.09. The third kappa shape index (κ3) is 4.51. The van der Waals surface area contributed by atoms with Crippen LogP contribution in [0.4, 0.5) is 0 Å². The van der Waals surface area contributed by atoms with Gasteiger partial charge in [-0.25, -0.2) is 4.98 Å². The molecule has 1 aromatic carbocycles. The molecule has 5 nitrogen and oxygen atoms in total. The molecule has 1 aliphatic heterocycles. The van der Waals surface area contributed by atoms with Gasteiger partial charge in [0.05, 0.1) is 0 Å². The Morgan fingerprint density at radius 1 is 1.22 bits per heavy atom. The van der Waals surface area contributed by atoms with E-state index in [0.29, 0.717) is 12.5 Å². The summed E-state index contributed by atoms with van der Waals surface area (Å²) in [5.41, 5.74) is 7.37. The number of nitrogens with two attached hydrogens (primary N) is 1.